The number of rotatable bonds is 9. The van der Waals surface area contributed by atoms with Crippen LogP contribution in [-0.2, 0) is 13.3 Å². The molecule has 0 radical (unpaired) electrons. The molecule has 0 bridgehead atoms. The maximum Gasteiger partial charge on any atom is 0.501 e. The summed E-state index contributed by atoms with van der Waals surface area (Å²) in [6, 6.07) is 0.849. The van der Waals surface area contributed by atoms with E-state index >= 15 is 0 Å². The van der Waals surface area contributed by atoms with Crippen molar-refractivity contribution in [2.75, 3.05) is 19.8 Å². The van der Waals surface area contributed by atoms with E-state index in [1.165, 1.54) is 12.8 Å². The summed E-state index contributed by atoms with van der Waals surface area (Å²) in [5, 5.41) is 0. The fraction of sp³-hybridized carbons (Fsp3) is 1.00. The van der Waals surface area contributed by atoms with E-state index in [-0.39, 0.29) is 0 Å². The fourth-order valence-electron chi connectivity index (χ4n) is 2.33. The molecule has 0 heterocycles. The van der Waals surface area contributed by atoms with Gasteiger partial charge in [-0.3, -0.25) is 0 Å². The first-order valence-corrected chi connectivity index (χ1v) is 8.85. The molecule has 1 aliphatic rings. The van der Waals surface area contributed by atoms with Crippen LogP contribution in [0.1, 0.15) is 46.0 Å². The first kappa shape index (κ1) is 15.1. The molecule has 0 aliphatic heterocycles. The SMILES string of the molecule is CCO[Si](CCCN)(OCC)OC1CCCC1. The van der Waals surface area contributed by atoms with Crippen molar-refractivity contribution in [1.82, 2.24) is 0 Å². The molecular formula is C12H27NO3Si. The maximum atomic E-state index is 6.22. The van der Waals surface area contributed by atoms with Gasteiger partial charge in [-0.2, -0.15) is 0 Å². The summed E-state index contributed by atoms with van der Waals surface area (Å²) in [5.74, 6) is 0. The molecule has 102 valence electrons. The van der Waals surface area contributed by atoms with E-state index in [9.17, 15) is 0 Å². The third kappa shape index (κ3) is 5.05. The number of nitrogens with two attached hydrogens (primary N) is 1. The van der Waals surface area contributed by atoms with Crippen LogP contribution in [0.2, 0.25) is 6.04 Å². The molecule has 0 unspecified atom stereocenters. The molecular weight excluding hydrogens is 234 g/mol. The van der Waals surface area contributed by atoms with Crippen molar-refractivity contribution >= 4 is 8.80 Å². The Morgan fingerprint density at radius 1 is 1.12 bits per heavy atom. The molecule has 0 aromatic heterocycles. The van der Waals surface area contributed by atoms with E-state index in [1.54, 1.807) is 0 Å². The first-order chi connectivity index (χ1) is 8.26. The Labute approximate surface area is 106 Å². The summed E-state index contributed by atoms with van der Waals surface area (Å²) in [6.07, 6.45) is 6.10. The highest BCUT2D eigenvalue weighted by Crippen LogP contribution is 2.28. The van der Waals surface area contributed by atoms with Gasteiger partial charge in [0.05, 0.1) is 0 Å². The molecule has 1 fully saturated rings. The summed E-state index contributed by atoms with van der Waals surface area (Å²) in [7, 11) is -2.46. The number of hydrogen-bond acceptors (Lipinski definition) is 4. The Hall–Kier alpha value is 0.0569. The van der Waals surface area contributed by atoms with Gasteiger partial charge >= 0.3 is 8.80 Å². The predicted molar refractivity (Wildman–Crippen MR) is 70.8 cm³/mol. The van der Waals surface area contributed by atoms with Crippen LogP contribution in [0.5, 0.6) is 0 Å². The molecule has 0 aromatic rings. The minimum atomic E-state index is -2.46. The van der Waals surface area contributed by atoms with Gasteiger partial charge in [0, 0.05) is 25.4 Å². The monoisotopic (exact) mass is 261 g/mol. The van der Waals surface area contributed by atoms with E-state index in [4.69, 9.17) is 19.0 Å². The van der Waals surface area contributed by atoms with Gasteiger partial charge in [0.15, 0.2) is 0 Å². The topological polar surface area (TPSA) is 53.7 Å². The summed E-state index contributed by atoms with van der Waals surface area (Å²) in [6.45, 7) is 5.98. The normalized spacial score (nSPS) is 17.8. The average Bonchev–Trinajstić information content (AvgIpc) is 2.80. The molecule has 0 saturated heterocycles. The van der Waals surface area contributed by atoms with E-state index in [0.29, 0.717) is 25.9 Å². The van der Waals surface area contributed by atoms with E-state index in [2.05, 4.69) is 0 Å². The minimum Gasteiger partial charge on any atom is -0.374 e. The van der Waals surface area contributed by atoms with Crippen molar-refractivity contribution in [2.24, 2.45) is 5.73 Å². The van der Waals surface area contributed by atoms with E-state index in [1.807, 2.05) is 13.8 Å². The highest BCUT2D eigenvalue weighted by molar-refractivity contribution is 6.60. The molecule has 0 aromatic carbocycles. The van der Waals surface area contributed by atoms with Crippen LogP contribution in [-0.4, -0.2) is 34.7 Å². The van der Waals surface area contributed by atoms with Crippen LogP contribution in [0.3, 0.4) is 0 Å². The standard InChI is InChI=1S/C12H27NO3Si/c1-3-14-17(15-4-2,11-7-10-13)16-12-8-5-6-9-12/h12H,3-11,13H2,1-2H3. The van der Waals surface area contributed by atoms with Gasteiger partial charge in [0.1, 0.15) is 0 Å². The van der Waals surface area contributed by atoms with Gasteiger partial charge < -0.3 is 19.0 Å². The van der Waals surface area contributed by atoms with Crippen molar-refractivity contribution in [3.05, 3.63) is 0 Å². The predicted octanol–water partition coefficient (Wildman–Crippen LogP) is 2.31. The zero-order chi connectivity index (χ0) is 12.6. The third-order valence-electron chi connectivity index (χ3n) is 3.06. The van der Waals surface area contributed by atoms with E-state index < -0.39 is 8.80 Å². The molecule has 17 heavy (non-hydrogen) atoms. The second-order valence-corrected chi connectivity index (χ2v) is 7.14. The van der Waals surface area contributed by atoms with Gasteiger partial charge in [-0.05, 0) is 39.7 Å². The largest absolute Gasteiger partial charge is 0.501 e. The zero-order valence-corrected chi connectivity index (χ0v) is 12.2. The molecule has 1 rings (SSSR count). The highest BCUT2D eigenvalue weighted by atomic mass is 28.4. The van der Waals surface area contributed by atoms with Gasteiger partial charge in [-0.25, -0.2) is 0 Å². The average molecular weight is 261 g/mol. The lowest BCUT2D eigenvalue weighted by Crippen LogP contribution is -2.48. The van der Waals surface area contributed by atoms with E-state index in [0.717, 1.165) is 25.3 Å². The van der Waals surface area contributed by atoms with Gasteiger partial charge in [-0.1, -0.05) is 12.8 Å². The molecule has 1 saturated carbocycles. The van der Waals surface area contributed by atoms with Crippen LogP contribution in [0.25, 0.3) is 0 Å². The first-order valence-electron chi connectivity index (χ1n) is 6.92. The van der Waals surface area contributed by atoms with Gasteiger partial charge in [-0.15, -0.1) is 0 Å². The molecule has 0 spiro atoms. The lowest BCUT2D eigenvalue weighted by atomic mass is 10.3. The van der Waals surface area contributed by atoms with Crippen molar-refractivity contribution in [1.29, 1.82) is 0 Å². The minimum absolute atomic E-state index is 0.345. The van der Waals surface area contributed by atoms with Crippen molar-refractivity contribution in [3.8, 4) is 0 Å². The second kappa shape index (κ2) is 8.21. The maximum absolute atomic E-state index is 6.22. The summed E-state index contributed by atoms with van der Waals surface area (Å²) in [5.41, 5.74) is 5.59. The lowest BCUT2D eigenvalue weighted by Gasteiger charge is -2.31. The van der Waals surface area contributed by atoms with Crippen LogP contribution < -0.4 is 5.73 Å². The lowest BCUT2D eigenvalue weighted by molar-refractivity contribution is 0.0343. The smallest absolute Gasteiger partial charge is 0.374 e. The van der Waals surface area contributed by atoms with Crippen LogP contribution in [0.15, 0.2) is 0 Å². The van der Waals surface area contributed by atoms with Gasteiger partial charge in [0.2, 0.25) is 0 Å². The Morgan fingerprint density at radius 3 is 2.18 bits per heavy atom. The molecule has 1 aliphatic carbocycles. The molecule has 4 nitrogen and oxygen atoms in total. The third-order valence-corrected chi connectivity index (χ3v) is 6.18. The molecule has 2 N–H and O–H groups in total. The molecule has 5 heteroatoms. The summed E-state index contributed by atoms with van der Waals surface area (Å²) >= 11 is 0. The quantitative estimate of drug-likeness (QED) is 0.647. The van der Waals surface area contributed by atoms with Crippen LogP contribution in [0.4, 0.5) is 0 Å². The molecule has 0 atom stereocenters. The summed E-state index contributed by atoms with van der Waals surface area (Å²) < 4.78 is 18.0. The Balaban J connectivity index is 2.57. The Bertz CT molecular complexity index is 192. The van der Waals surface area contributed by atoms with Crippen molar-refractivity contribution < 1.29 is 13.3 Å². The molecule has 0 amide bonds. The Kier molecular flexibility index (Phi) is 7.30. The fourth-order valence-corrected chi connectivity index (χ4v) is 5.22. The van der Waals surface area contributed by atoms with Gasteiger partial charge in [0.25, 0.3) is 0 Å². The van der Waals surface area contributed by atoms with Crippen LogP contribution in [0, 0.1) is 0 Å². The zero-order valence-electron chi connectivity index (χ0n) is 11.2. The van der Waals surface area contributed by atoms with Crippen molar-refractivity contribution in [2.45, 2.75) is 58.1 Å². The summed E-state index contributed by atoms with van der Waals surface area (Å²) in [4.78, 5) is 0. The van der Waals surface area contributed by atoms with Crippen molar-refractivity contribution in [3.63, 3.8) is 0 Å². The second-order valence-electron chi connectivity index (χ2n) is 4.47. The highest BCUT2D eigenvalue weighted by Gasteiger charge is 2.42. The number of hydrogen-bond donors (Lipinski definition) is 1. The van der Waals surface area contributed by atoms with Crippen LogP contribution >= 0.6 is 0 Å². The Morgan fingerprint density at radius 2 is 1.71 bits per heavy atom.